The minimum Gasteiger partial charge on any atom is -0.347 e. The van der Waals surface area contributed by atoms with Gasteiger partial charge in [0.25, 0.3) is 0 Å². The van der Waals surface area contributed by atoms with Crippen molar-refractivity contribution in [2.24, 2.45) is 0 Å². The Bertz CT molecular complexity index is 499. The van der Waals surface area contributed by atoms with Gasteiger partial charge in [0.2, 0.25) is 0 Å². The molecule has 1 unspecified atom stereocenters. The summed E-state index contributed by atoms with van der Waals surface area (Å²) in [5.41, 5.74) is 0.563. The number of aromatic nitrogens is 2. The van der Waals surface area contributed by atoms with E-state index in [2.05, 4.69) is 22.2 Å². The quantitative estimate of drug-likeness (QED) is 0.871. The summed E-state index contributed by atoms with van der Waals surface area (Å²) in [4.78, 5) is 7.26. The Morgan fingerprint density at radius 3 is 3.00 bits per heavy atom. The Labute approximate surface area is 110 Å². The van der Waals surface area contributed by atoms with Crippen molar-refractivity contribution in [3.05, 3.63) is 52.8 Å². The highest BCUT2D eigenvalue weighted by Gasteiger charge is 2.12. The van der Waals surface area contributed by atoms with Crippen LogP contribution in [-0.4, -0.2) is 9.97 Å². The molecule has 18 heavy (non-hydrogen) atoms. The minimum atomic E-state index is -0.249. The molecule has 2 rings (SSSR count). The first kappa shape index (κ1) is 13.1. The molecule has 5 heteroatoms. The first-order valence-corrected chi connectivity index (χ1v) is 6.25. The van der Waals surface area contributed by atoms with Gasteiger partial charge >= 0.3 is 0 Å². The van der Waals surface area contributed by atoms with Crippen molar-refractivity contribution in [1.29, 1.82) is 0 Å². The van der Waals surface area contributed by atoms with E-state index in [9.17, 15) is 4.39 Å². The highest BCUT2D eigenvalue weighted by molar-refractivity contribution is 6.30. The molecule has 1 heterocycles. The summed E-state index contributed by atoms with van der Waals surface area (Å²) in [6.07, 6.45) is 4.36. The summed E-state index contributed by atoms with van der Waals surface area (Å²) in [5.74, 6) is 0.612. The average Bonchev–Trinajstić information content (AvgIpc) is 2.88. The van der Waals surface area contributed by atoms with Crippen LogP contribution in [-0.2, 0) is 6.54 Å². The number of rotatable bonds is 5. The fourth-order valence-electron chi connectivity index (χ4n) is 1.81. The smallest absolute Gasteiger partial charge is 0.127 e. The van der Waals surface area contributed by atoms with E-state index in [0.717, 1.165) is 12.2 Å². The van der Waals surface area contributed by atoms with Gasteiger partial charge < -0.3 is 10.3 Å². The Balaban J connectivity index is 2.04. The second-order valence-corrected chi connectivity index (χ2v) is 4.49. The van der Waals surface area contributed by atoms with Gasteiger partial charge in [0.1, 0.15) is 11.6 Å². The van der Waals surface area contributed by atoms with Crippen molar-refractivity contribution in [2.75, 3.05) is 0 Å². The Morgan fingerprint density at radius 1 is 1.50 bits per heavy atom. The second-order valence-electron chi connectivity index (χ2n) is 4.05. The number of nitrogens with one attached hydrogen (secondary N) is 2. The van der Waals surface area contributed by atoms with E-state index >= 15 is 0 Å². The molecule has 0 radical (unpaired) electrons. The van der Waals surface area contributed by atoms with E-state index in [4.69, 9.17) is 11.6 Å². The van der Waals surface area contributed by atoms with Gasteiger partial charge in [-0.1, -0.05) is 18.5 Å². The largest absolute Gasteiger partial charge is 0.347 e. The molecule has 0 fully saturated rings. The number of halogens is 2. The summed E-state index contributed by atoms with van der Waals surface area (Å²) in [6, 6.07) is 4.65. The van der Waals surface area contributed by atoms with Gasteiger partial charge in [-0.25, -0.2) is 9.37 Å². The number of hydrogen-bond acceptors (Lipinski definition) is 2. The zero-order valence-electron chi connectivity index (χ0n) is 10.1. The van der Waals surface area contributed by atoms with Gasteiger partial charge in [0, 0.05) is 29.5 Å². The zero-order chi connectivity index (χ0) is 13.0. The third kappa shape index (κ3) is 3.09. The van der Waals surface area contributed by atoms with Crippen molar-refractivity contribution in [3.8, 4) is 0 Å². The number of aromatic amines is 1. The van der Waals surface area contributed by atoms with Gasteiger partial charge in [-0.2, -0.15) is 0 Å². The summed E-state index contributed by atoms with van der Waals surface area (Å²) >= 11 is 5.85. The highest BCUT2D eigenvalue weighted by atomic mass is 35.5. The number of nitrogens with zero attached hydrogens (tertiary/aromatic N) is 1. The molecule has 3 nitrogen and oxygen atoms in total. The topological polar surface area (TPSA) is 40.7 Å². The molecule has 1 aromatic carbocycles. The van der Waals surface area contributed by atoms with Crippen LogP contribution in [0, 0.1) is 5.82 Å². The fraction of sp³-hybridized carbons (Fsp3) is 0.308. The van der Waals surface area contributed by atoms with Crippen molar-refractivity contribution in [1.82, 2.24) is 15.3 Å². The molecule has 2 N–H and O–H groups in total. The van der Waals surface area contributed by atoms with E-state index in [0.29, 0.717) is 17.1 Å². The molecular formula is C13H15ClFN3. The predicted octanol–water partition coefficient (Wildman–Crippen LogP) is 3.44. The molecule has 0 amide bonds. The van der Waals surface area contributed by atoms with E-state index in [1.165, 1.54) is 6.07 Å². The molecule has 0 spiro atoms. The second kappa shape index (κ2) is 5.98. The van der Waals surface area contributed by atoms with Gasteiger partial charge in [-0.15, -0.1) is 0 Å². The molecule has 0 aliphatic heterocycles. The molecule has 96 valence electrons. The molecule has 0 aliphatic carbocycles. The maximum atomic E-state index is 13.5. The Morgan fingerprint density at radius 2 is 2.33 bits per heavy atom. The molecule has 2 aromatic rings. The first-order valence-electron chi connectivity index (χ1n) is 5.87. The van der Waals surface area contributed by atoms with Crippen LogP contribution in [0.1, 0.15) is 30.8 Å². The lowest BCUT2D eigenvalue weighted by molar-refractivity contribution is 0.486. The molecular weight excluding hydrogens is 253 g/mol. The van der Waals surface area contributed by atoms with Crippen molar-refractivity contribution in [2.45, 2.75) is 25.9 Å². The van der Waals surface area contributed by atoms with Gasteiger partial charge in [0.05, 0.1) is 6.04 Å². The number of H-pyrrole nitrogens is 1. The van der Waals surface area contributed by atoms with Crippen LogP contribution in [0.15, 0.2) is 30.6 Å². The van der Waals surface area contributed by atoms with Crippen molar-refractivity contribution < 1.29 is 4.39 Å². The van der Waals surface area contributed by atoms with Gasteiger partial charge in [-0.05, 0) is 24.6 Å². The van der Waals surface area contributed by atoms with Crippen LogP contribution in [0.25, 0.3) is 0 Å². The molecule has 1 atom stereocenters. The van der Waals surface area contributed by atoms with E-state index in [1.54, 1.807) is 24.5 Å². The fourth-order valence-corrected chi connectivity index (χ4v) is 2.01. The van der Waals surface area contributed by atoms with Crippen LogP contribution in [0.5, 0.6) is 0 Å². The molecule has 0 bridgehead atoms. The maximum Gasteiger partial charge on any atom is 0.127 e. The lowest BCUT2D eigenvalue weighted by Crippen LogP contribution is -2.21. The molecule has 0 saturated heterocycles. The summed E-state index contributed by atoms with van der Waals surface area (Å²) < 4.78 is 13.5. The summed E-state index contributed by atoms with van der Waals surface area (Å²) in [5, 5.41) is 3.80. The molecule has 0 aliphatic rings. The monoisotopic (exact) mass is 267 g/mol. The Hall–Kier alpha value is -1.39. The van der Waals surface area contributed by atoms with Gasteiger partial charge in [0.15, 0.2) is 0 Å². The lowest BCUT2D eigenvalue weighted by atomic mass is 10.1. The van der Waals surface area contributed by atoms with Crippen molar-refractivity contribution >= 4 is 11.6 Å². The minimum absolute atomic E-state index is 0.0818. The van der Waals surface area contributed by atoms with E-state index in [1.807, 2.05) is 0 Å². The zero-order valence-corrected chi connectivity index (χ0v) is 10.8. The highest BCUT2D eigenvalue weighted by Crippen LogP contribution is 2.17. The van der Waals surface area contributed by atoms with Crippen LogP contribution in [0.3, 0.4) is 0 Å². The van der Waals surface area contributed by atoms with Crippen LogP contribution >= 0.6 is 11.6 Å². The third-order valence-corrected chi connectivity index (χ3v) is 3.04. The average molecular weight is 268 g/mol. The number of benzene rings is 1. The van der Waals surface area contributed by atoms with E-state index < -0.39 is 0 Å². The lowest BCUT2D eigenvalue weighted by Gasteiger charge is -2.15. The number of hydrogen-bond donors (Lipinski definition) is 2. The number of imidazole rings is 1. The van der Waals surface area contributed by atoms with Crippen LogP contribution in [0.4, 0.5) is 4.39 Å². The van der Waals surface area contributed by atoms with Crippen molar-refractivity contribution in [3.63, 3.8) is 0 Å². The third-order valence-electron chi connectivity index (χ3n) is 2.80. The summed E-state index contributed by atoms with van der Waals surface area (Å²) in [6.45, 7) is 2.47. The molecule has 1 aromatic heterocycles. The Kier molecular flexibility index (Phi) is 4.33. The summed E-state index contributed by atoms with van der Waals surface area (Å²) in [7, 11) is 0. The van der Waals surface area contributed by atoms with Crippen LogP contribution in [0.2, 0.25) is 5.02 Å². The normalized spacial score (nSPS) is 12.6. The standard InChI is InChI=1S/C13H15ClFN3/c1-2-12(13-16-5-6-17-13)18-8-9-7-10(14)3-4-11(9)15/h3-7,12,18H,2,8H2,1H3,(H,16,17). The van der Waals surface area contributed by atoms with Crippen LogP contribution < -0.4 is 5.32 Å². The predicted molar refractivity (Wildman–Crippen MR) is 69.9 cm³/mol. The van der Waals surface area contributed by atoms with Gasteiger partial charge in [-0.3, -0.25) is 0 Å². The maximum absolute atomic E-state index is 13.5. The molecule has 0 saturated carbocycles. The first-order chi connectivity index (χ1) is 8.70. The van der Waals surface area contributed by atoms with E-state index in [-0.39, 0.29) is 11.9 Å². The SMILES string of the molecule is CCC(NCc1cc(Cl)ccc1F)c1ncc[nH]1.